The molecule has 202 valence electrons. The number of epoxide rings is 1. The summed E-state index contributed by atoms with van der Waals surface area (Å²) in [5.74, 6) is 2.24. The minimum absolute atomic E-state index is 0.0669. The number of hydrogen-bond acceptors (Lipinski definition) is 5. The first-order chi connectivity index (χ1) is 16.9. The van der Waals surface area contributed by atoms with E-state index in [0.717, 1.165) is 37.0 Å². The molecule has 0 aromatic rings. The summed E-state index contributed by atoms with van der Waals surface area (Å²) in [6.07, 6.45) is 10.7. The van der Waals surface area contributed by atoms with Gasteiger partial charge in [-0.05, 0) is 73.2 Å². The van der Waals surface area contributed by atoms with Crippen molar-refractivity contribution in [2.24, 2.45) is 34.5 Å². The van der Waals surface area contributed by atoms with E-state index in [1.807, 2.05) is 0 Å². The lowest BCUT2D eigenvalue weighted by molar-refractivity contribution is -0.151. The van der Waals surface area contributed by atoms with Crippen LogP contribution >= 0.6 is 0 Å². The summed E-state index contributed by atoms with van der Waals surface area (Å²) in [4.78, 5) is 24.1. The van der Waals surface area contributed by atoms with Crippen molar-refractivity contribution in [3.8, 4) is 0 Å². The van der Waals surface area contributed by atoms with Crippen molar-refractivity contribution in [3.63, 3.8) is 0 Å². The van der Waals surface area contributed by atoms with Crippen LogP contribution in [-0.4, -0.2) is 35.9 Å². The summed E-state index contributed by atoms with van der Waals surface area (Å²) >= 11 is 0. The first kappa shape index (κ1) is 26.3. The molecule has 0 bridgehead atoms. The Morgan fingerprint density at radius 1 is 1.00 bits per heavy atom. The van der Waals surface area contributed by atoms with Gasteiger partial charge in [0, 0.05) is 25.7 Å². The number of carbonyl (C=O) groups excluding carboxylic acids is 2. The van der Waals surface area contributed by atoms with E-state index >= 15 is 0 Å². The molecule has 1 aliphatic heterocycles. The van der Waals surface area contributed by atoms with E-state index in [-0.39, 0.29) is 46.7 Å². The van der Waals surface area contributed by atoms with Gasteiger partial charge in [0.25, 0.3) is 0 Å². The maximum Gasteiger partial charge on any atom is 0.303 e. The average molecular weight is 501 g/mol. The maximum atomic E-state index is 12.3. The van der Waals surface area contributed by atoms with E-state index in [1.54, 1.807) is 0 Å². The van der Waals surface area contributed by atoms with Crippen molar-refractivity contribution in [2.45, 2.75) is 137 Å². The van der Waals surface area contributed by atoms with Gasteiger partial charge in [-0.2, -0.15) is 0 Å². The third-order valence-corrected chi connectivity index (χ3v) is 11.2. The molecule has 1 saturated heterocycles. The number of hydrogen-bond donors (Lipinski definition) is 0. The van der Waals surface area contributed by atoms with Gasteiger partial charge in [0.05, 0.1) is 0 Å². The normalized spacial score (nSPS) is 43.7. The predicted molar refractivity (Wildman–Crippen MR) is 139 cm³/mol. The van der Waals surface area contributed by atoms with E-state index in [1.165, 1.54) is 63.5 Å². The Bertz CT molecular complexity index is 937. The molecule has 5 aliphatic rings. The summed E-state index contributed by atoms with van der Waals surface area (Å²) < 4.78 is 18.4. The Hall–Kier alpha value is -1.36. The highest BCUT2D eigenvalue weighted by atomic mass is 16.7. The van der Waals surface area contributed by atoms with Gasteiger partial charge in [-0.1, -0.05) is 59.5 Å². The number of carbonyl (C=O) groups is 2. The highest BCUT2D eigenvalue weighted by Gasteiger charge is 2.77. The van der Waals surface area contributed by atoms with E-state index < -0.39 is 0 Å². The molecule has 2 saturated carbocycles. The largest absolute Gasteiger partial charge is 0.462 e. The van der Waals surface area contributed by atoms with Gasteiger partial charge in [0.2, 0.25) is 0 Å². The Morgan fingerprint density at radius 2 is 1.72 bits per heavy atom. The van der Waals surface area contributed by atoms with Gasteiger partial charge in [-0.15, -0.1) is 0 Å². The van der Waals surface area contributed by atoms with Gasteiger partial charge in [0.1, 0.15) is 17.8 Å². The second kappa shape index (κ2) is 9.13. The van der Waals surface area contributed by atoms with E-state index in [0.29, 0.717) is 12.3 Å². The van der Waals surface area contributed by atoms with Gasteiger partial charge in [-0.25, -0.2) is 0 Å². The predicted octanol–water partition coefficient (Wildman–Crippen LogP) is 6.78. The van der Waals surface area contributed by atoms with Crippen molar-refractivity contribution in [3.05, 3.63) is 11.1 Å². The molecule has 4 aliphatic carbocycles. The minimum atomic E-state index is -0.375. The van der Waals surface area contributed by atoms with Crippen LogP contribution in [0.4, 0.5) is 0 Å². The number of esters is 2. The zero-order valence-electron chi connectivity index (χ0n) is 23.7. The lowest BCUT2D eigenvalue weighted by Gasteiger charge is -2.54. The summed E-state index contributed by atoms with van der Waals surface area (Å²) in [7, 11) is 0. The highest BCUT2D eigenvalue weighted by molar-refractivity contribution is 5.67. The zero-order valence-corrected chi connectivity index (χ0v) is 23.7. The molecule has 1 heterocycles. The standard InChI is InChI=1S/C31H48O5/c1-18(2)9-8-10-19(3)23-11-12-24-26-25(14-15-29(23,24)6)30(7)16-13-22(34-20(4)32)17-31(30)28(36-31)27(26)35-21(5)33/h18-19,22-24,27-28H,8-17H2,1-7H3/t19-,22+,23-,24+,27+,28+,29-,30-,31+/m1/s1. The molecule has 0 aromatic heterocycles. The van der Waals surface area contributed by atoms with Crippen molar-refractivity contribution in [2.75, 3.05) is 0 Å². The second-order valence-corrected chi connectivity index (χ2v) is 13.7. The Labute approximate surface area is 218 Å². The molecule has 36 heavy (non-hydrogen) atoms. The van der Waals surface area contributed by atoms with Crippen LogP contribution in [0.2, 0.25) is 0 Å². The van der Waals surface area contributed by atoms with Crippen LogP contribution in [0.3, 0.4) is 0 Å². The molecule has 0 amide bonds. The number of ether oxygens (including phenoxy) is 3. The minimum Gasteiger partial charge on any atom is -0.462 e. The van der Waals surface area contributed by atoms with Gasteiger partial charge >= 0.3 is 11.9 Å². The van der Waals surface area contributed by atoms with E-state index in [2.05, 4.69) is 34.6 Å². The number of fused-ring (bicyclic) bond motifs is 3. The van der Waals surface area contributed by atoms with Crippen molar-refractivity contribution in [1.82, 2.24) is 0 Å². The Balaban J connectivity index is 1.46. The molecule has 1 spiro atoms. The maximum absolute atomic E-state index is 12.3. The highest BCUT2D eigenvalue weighted by Crippen LogP contribution is 2.72. The zero-order chi connectivity index (χ0) is 26.0. The van der Waals surface area contributed by atoms with Crippen LogP contribution in [0.1, 0.15) is 113 Å². The molecule has 5 rings (SSSR count). The molecule has 0 radical (unpaired) electrons. The quantitative estimate of drug-likeness (QED) is 0.219. The third-order valence-electron chi connectivity index (χ3n) is 11.2. The summed E-state index contributed by atoms with van der Waals surface area (Å²) in [5.41, 5.74) is 2.75. The first-order valence-corrected chi connectivity index (χ1v) is 14.7. The van der Waals surface area contributed by atoms with Crippen molar-refractivity contribution >= 4 is 11.9 Å². The topological polar surface area (TPSA) is 65.1 Å². The van der Waals surface area contributed by atoms with Crippen molar-refractivity contribution < 1.29 is 23.8 Å². The smallest absolute Gasteiger partial charge is 0.303 e. The average Bonchev–Trinajstić information content (AvgIpc) is 3.39. The van der Waals surface area contributed by atoms with Crippen LogP contribution in [0.15, 0.2) is 11.1 Å². The first-order valence-electron chi connectivity index (χ1n) is 14.7. The molecule has 3 fully saturated rings. The summed E-state index contributed by atoms with van der Waals surface area (Å²) in [6.45, 7) is 15.1. The SMILES string of the molecule is CC(=O)O[C@H]1CC[C@]2(C)C3=C([C@H](OC(C)=O)[C@@H]4O[C@@]42C1)[C@@H]1CC[C@H]([C@H](C)CCCC(C)C)[C@@]1(C)CC3. The molecule has 9 atom stereocenters. The molecule has 5 heteroatoms. The van der Waals surface area contributed by atoms with E-state index in [4.69, 9.17) is 14.2 Å². The second-order valence-electron chi connectivity index (χ2n) is 13.7. The van der Waals surface area contributed by atoms with Crippen LogP contribution in [0.5, 0.6) is 0 Å². The summed E-state index contributed by atoms with van der Waals surface area (Å²) in [5, 5.41) is 0. The van der Waals surface area contributed by atoms with Crippen LogP contribution in [0, 0.1) is 34.5 Å². The van der Waals surface area contributed by atoms with E-state index in [9.17, 15) is 9.59 Å². The third kappa shape index (κ3) is 3.98. The van der Waals surface area contributed by atoms with Crippen molar-refractivity contribution in [1.29, 1.82) is 0 Å². The Morgan fingerprint density at radius 3 is 2.39 bits per heavy atom. The molecule has 0 aromatic carbocycles. The fourth-order valence-corrected chi connectivity index (χ4v) is 9.47. The van der Waals surface area contributed by atoms with Crippen LogP contribution < -0.4 is 0 Å². The van der Waals surface area contributed by atoms with Gasteiger partial charge < -0.3 is 14.2 Å². The lowest BCUT2D eigenvalue weighted by atomic mass is 9.49. The Kier molecular flexibility index (Phi) is 6.66. The number of rotatable bonds is 7. The molecule has 0 N–H and O–H groups in total. The van der Waals surface area contributed by atoms with Gasteiger partial charge in [-0.3, -0.25) is 9.59 Å². The van der Waals surface area contributed by atoms with Crippen LogP contribution in [0.25, 0.3) is 0 Å². The monoisotopic (exact) mass is 500 g/mol. The fraction of sp³-hybridized carbons (Fsp3) is 0.871. The summed E-state index contributed by atoms with van der Waals surface area (Å²) in [6, 6.07) is 0. The fourth-order valence-electron chi connectivity index (χ4n) is 9.47. The lowest BCUT2D eigenvalue weighted by Crippen LogP contribution is -2.56. The van der Waals surface area contributed by atoms with Gasteiger partial charge in [0.15, 0.2) is 6.10 Å². The molecular weight excluding hydrogens is 452 g/mol. The molecule has 5 nitrogen and oxygen atoms in total. The van der Waals surface area contributed by atoms with Crippen LogP contribution in [-0.2, 0) is 23.8 Å². The molecule has 0 unspecified atom stereocenters. The molecular formula is C31H48O5.